The molecule has 1 fully saturated rings. The lowest BCUT2D eigenvalue weighted by atomic mass is 9.68. The van der Waals surface area contributed by atoms with Gasteiger partial charge in [0, 0.05) is 13.1 Å². The first-order valence-corrected chi connectivity index (χ1v) is 10.6. The van der Waals surface area contributed by atoms with Crippen molar-refractivity contribution in [2.45, 2.75) is 57.6 Å². The fraction of sp³-hybridized carbons (Fsp3) is 0.632. The monoisotopic (exact) mass is 437 g/mol. The Morgan fingerprint density at radius 1 is 1.24 bits per heavy atom. The maximum atomic E-state index is 12.6. The first-order valence-electron chi connectivity index (χ1n) is 9.14. The van der Waals surface area contributed by atoms with Gasteiger partial charge in [0.15, 0.2) is 0 Å². The van der Waals surface area contributed by atoms with Crippen LogP contribution in [0.4, 0.5) is 18.0 Å². The van der Waals surface area contributed by atoms with Crippen LogP contribution in [0.3, 0.4) is 0 Å². The summed E-state index contributed by atoms with van der Waals surface area (Å²) in [4.78, 5) is 13.9. The molecule has 1 amide bonds. The molecule has 6 nitrogen and oxygen atoms in total. The van der Waals surface area contributed by atoms with Gasteiger partial charge in [-0.25, -0.2) is 4.79 Å². The predicted molar refractivity (Wildman–Crippen MR) is 101 cm³/mol. The lowest BCUT2D eigenvalue weighted by Gasteiger charge is -2.45. The third kappa shape index (κ3) is 5.34. The van der Waals surface area contributed by atoms with E-state index in [2.05, 4.69) is 4.18 Å². The zero-order valence-electron chi connectivity index (χ0n) is 17.0. The Morgan fingerprint density at radius 3 is 2.38 bits per heavy atom. The third-order valence-corrected chi connectivity index (χ3v) is 6.10. The zero-order chi connectivity index (χ0) is 22.3. The van der Waals surface area contributed by atoms with Crippen molar-refractivity contribution in [3.8, 4) is 5.75 Å². The van der Waals surface area contributed by atoms with E-state index in [-0.39, 0.29) is 5.92 Å². The molecular formula is C19H26F3NO5S. The highest BCUT2D eigenvalue weighted by atomic mass is 32.2. The molecule has 0 aromatic heterocycles. The molecule has 1 aromatic rings. The van der Waals surface area contributed by atoms with Gasteiger partial charge < -0.3 is 13.8 Å². The summed E-state index contributed by atoms with van der Waals surface area (Å²) in [6.07, 6.45) is 0.114. The molecule has 0 saturated carbocycles. The van der Waals surface area contributed by atoms with E-state index in [0.717, 1.165) is 6.07 Å². The number of hydrogen-bond donors (Lipinski definition) is 0. The van der Waals surface area contributed by atoms with Crippen molar-refractivity contribution in [3.63, 3.8) is 0 Å². The Kier molecular flexibility index (Phi) is 6.19. The number of amides is 1. The summed E-state index contributed by atoms with van der Waals surface area (Å²) in [7, 11) is -5.74. The molecule has 0 aliphatic carbocycles. The van der Waals surface area contributed by atoms with Crippen molar-refractivity contribution in [1.82, 2.24) is 4.90 Å². The van der Waals surface area contributed by atoms with Gasteiger partial charge >= 0.3 is 21.7 Å². The molecule has 2 atom stereocenters. The number of ether oxygens (including phenoxy) is 1. The normalized spacial score (nSPS) is 23.6. The van der Waals surface area contributed by atoms with Gasteiger partial charge in [-0.1, -0.05) is 26.0 Å². The number of halogens is 3. The molecule has 0 N–H and O–H groups in total. The van der Waals surface area contributed by atoms with Gasteiger partial charge in [0.2, 0.25) is 0 Å². The summed E-state index contributed by atoms with van der Waals surface area (Å²) >= 11 is 0. The van der Waals surface area contributed by atoms with E-state index in [1.165, 1.54) is 12.1 Å². The second-order valence-corrected chi connectivity index (χ2v) is 10.0. The maximum Gasteiger partial charge on any atom is 0.534 e. The topological polar surface area (TPSA) is 72.9 Å². The Hall–Kier alpha value is -1.97. The van der Waals surface area contributed by atoms with Crippen LogP contribution in [-0.2, 0) is 20.3 Å². The number of likely N-dealkylation sites (tertiary alicyclic amines) is 1. The lowest BCUT2D eigenvalue weighted by Crippen LogP contribution is -2.50. The van der Waals surface area contributed by atoms with Crippen molar-refractivity contribution in [1.29, 1.82) is 0 Å². The summed E-state index contributed by atoms with van der Waals surface area (Å²) < 4.78 is 70.0. The van der Waals surface area contributed by atoms with Crippen LogP contribution in [0.25, 0.3) is 0 Å². The molecule has 1 saturated heterocycles. The minimum absolute atomic E-state index is 0.0572. The number of benzene rings is 1. The Balaban J connectivity index is 2.20. The average molecular weight is 437 g/mol. The molecule has 1 aromatic carbocycles. The van der Waals surface area contributed by atoms with E-state index in [0.29, 0.717) is 25.1 Å². The molecule has 0 bridgehead atoms. The average Bonchev–Trinajstić information content (AvgIpc) is 2.54. The Bertz CT molecular complexity index is 863. The number of nitrogens with zero attached hydrogens (tertiary/aromatic N) is 1. The molecule has 0 unspecified atom stereocenters. The summed E-state index contributed by atoms with van der Waals surface area (Å²) in [5, 5.41) is 0. The van der Waals surface area contributed by atoms with Crippen molar-refractivity contribution in [2.75, 3.05) is 13.1 Å². The molecule has 2 rings (SSSR count). The number of carbonyl (C=O) groups is 1. The second-order valence-electron chi connectivity index (χ2n) is 8.51. The van der Waals surface area contributed by atoms with Gasteiger partial charge in [0.25, 0.3) is 0 Å². The molecule has 10 heteroatoms. The van der Waals surface area contributed by atoms with Crippen molar-refractivity contribution >= 4 is 16.2 Å². The number of carbonyl (C=O) groups excluding carboxylic acids is 1. The molecule has 164 valence electrons. The van der Waals surface area contributed by atoms with Crippen LogP contribution in [0.1, 0.15) is 46.6 Å². The molecule has 0 radical (unpaired) electrons. The van der Waals surface area contributed by atoms with Gasteiger partial charge in [-0.3, -0.25) is 0 Å². The molecule has 1 aliphatic rings. The van der Waals surface area contributed by atoms with Crippen LogP contribution < -0.4 is 4.18 Å². The maximum absolute atomic E-state index is 12.6. The zero-order valence-corrected chi connectivity index (χ0v) is 17.9. The number of rotatable bonds is 3. The highest BCUT2D eigenvalue weighted by molar-refractivity contribution is 7.88. The number of hydrogen-bond acceptors (Lipinski definition) is 5. The third-order valence-electron chi connectivity index (χ3n) is 5.12. The summed E-state index contributed by atoms with van der Waals surface area (Å²) in [5.41, 5.74) is -5.96. The van der Waals surface area contributed by atoms with Gasteiger partial charge in [-0.2, -0.15) is 21.6 Å². The van der Waals surface area contributed by atoms with Crippen molar-refractivity contribution in [3.05, 3.63) is 29.8 Å². The first kappa shape index (κ1) is 23.3. The van der Waals surface area contributed by atoms with E-state index in [1.54, 1.807) is 31.7 Å². The van der Waals surface area contributed by atoms with E-state index >= 15 is 0 Å². The van der Waals surface area contributed by atoms with Gasteiger partial charge in [-0.05, 0) is 56.2 Å². The highest BCUT2D eigenvalue weighted by Crippen LogP contribution is 2.41. The Morgan fingerprint density at radius 2 is 1.86 bits per heavy atom. The van der Waals surface area contributed by atoms with Crippen LogP contribution in [0.15, 0.2) is 24.3 Å². The molecule has 0 spiro atoms. The van der Waals surface area contributed by atoms with Crippen molar-refractivity contribution < 1.29 is 35.3 Å². The molecule has 1 aliphatic heterocycles. The van der Waals surface area contributed by atoms with Crippen LogP contribution in [0.5, 0.6) is 5.75 Å². The summed E-state index contributed by atoms with van der Waals surface area (Å²) in [6.45, 7) is 10.0. The van der Waals surface area contributed by atoms with E-state index in [1.807, 2.05) is 13.8 Å². The van der Waals surface area contributed by atoms with Crippen LogP contribution >= 0.6 is 0 Å². The molecule has 1 heterocycles. The van der Waals surface area contributed by atoms with Gasteiger partial charge in [0.1, 0.15) is 11.4 Å². The van der Waals surface area contributed by atoms with E-state index in [4.69, 9.17) is 4.74 Å². The lowest BCUT2D eigenvalue weighted by molar-refractivity contribution is -0.0500. The van der Waals surface area contributed by atoms with Crippen LogP contribution in [0, 0.1) is 5.92 Å². The first-order chi connectivity index (χ1) is 13.1. The second kappa shape index (κ2) is 7.70. The number of piperidine rings is 1. The Labute approximate surface area is 169 Å². The van der Waals surface area contributed by atoms with Gasteiger partial charge in [0.05, 0.1) is 0 Å². The smallest absolute Gasteiger partial charge is 0.444 e. The molecular weight excluding hydrogens is 411 g/mol. The van der Waals surface area contributed by atoms with E-state index < -0.39 is 38.5 Å². The minimum atomic E-state index is -5.74. The SMILES string of the molecule is C[C@H]1CN(C(=O)OC(C)(C)C)CC[C@@]1(C)c1cccc(OS(=O)(=O)C(F)(F)F)c1. The fourth-order valence-electron chi connectivity index (χ4n) is 3.24. The number of alkyl halides is 3. The quantitative estimate of drug-likeness (QED) is 0.516. The fourth-order valence-corrected chi connectivity index (χ4v) is 3.69. The standard InChI is InChI=1S/C19H26F3NO5S/c1-13-12-23(16(24)27-17(2,3)4)10-9-18(13,5)14-7-6-8-15(11-14)28-29(25,26)19(20,21)22/h6-8,11,13H,9-10,12H2,1-5H3/t13-,18+/m0/s1. The van der Waals surface area contributed by atoms with Crippen molar-refractivity contribution in [2.24, 2.45) is 5.92 Å². The minimum Gasteiger partial charge on any atom is -0.444 e. The largest absolute Gasteiger partial charge is 0.534 e. The highest BCUT2D eigenvalue weighted by Gasteiger charge is 2.49. The van der Waals surface area contributed by atoms with Crippen LogP contribution in [-0.4, -0.2) is 43.6 Å². The van der Waals surface area contributed by atoms with Gasteiger partial charge in [-0.15, -0.1) is 0 Å². The molecule has 29 heavy (non-hydrogen) atoms. The van der Waals surface area contributed by atoms with Crippen LogP contribution in [0.2, 0.25) is 0 Å². The predicted octanol–water partition coefficient (Wildman–Crippen LogP) is 4.45. The summed E-state index contributed by atoms with van der Waals surface area (Å²) in [5.74, 6) is -0.457. The summed E-state index contributed by atoms with van der Waals surface area (Å²) in [6, 6.07) is 5.64. The van der Waals surface area contributed by atoms with E-state index in [9.17, 15) is 26.4 Å².